The second kappa shape index (κ2) is 8.71. The summed E-state index contributed by atoms with van der Waals surface area (Å²) in [5, 5.41) is 14.3. The molecule has 144 valence electrons. The van der Waals surface area contributed by atoms with Gasteiger partial charge in [0.15, 0.2) is 0 Å². The molecule has 26 heavy (non-hydrogen) atoms. The maximum Gasteiger partial charge on any atom is 0.412 e. The molecule has 0 heterocycles. The van der Waals surface area contributed by atoms with E-state index in [9.17, 15) is 9.59 Å². The number of aliphatic hydroxyl groups is 1. The maximum absolute atomic E-state index is 12.0. The summed E-state index contributed by atoms with van der Waals surface area (Å²) in [6.45, 7) is 10.5. The lowest BCUT2D eigenvalue weighted by molar-refractivity contribution is 0.0624. The number of benzene rings is 1. The Balaban J connectivity index is 2.97. The molecule has 0 aliphatic carbocycles. The molecule has 0 radical (unpaired) electrons. The summed E-state index contributed by atoms with van der Waals surface area (Å²) in [5.74, 6) is 0. The van der Waals surface area contributed by atoms with Gasteiger partial charge < -0.3 is 14.6 Å². The van der Waals surface area contributed by atoms with E-state index in [0.29, 0.717) is 16.9 Å². The Kier molecular flexibility index (Phi) is 7.20. The highest BCUT2D eigenvalue weighted by atomic mass is 16.6. The zero-order valence-electron chi connectivity index (χ0n) is 16.2. The summed E-state index contributed by atoms with van der Waals surface area (Å²) >= 11 is 0. The van der Waals surface area contributed by atoms with Crippen molar-refractivity contribution in [1.29, 1.82) is 0 Å². The average Bonchev–Trinajstić information content (AvgIpc) is 2.43. The Morgan fingerprint density at radius 2 is 1.54 bits per heavy atom. The number of aliphatic hydroxyl groups excluding tert-OH is 1. The van der Waals surface area contributed by atoms with E-state index >= 15 is 0 Å². The van der Waals surface area contributed by atoms with Gasteiger partial charge in [-0.25, -0.2) is 9.59 Å². The van der Waals surface area contributed by atoms with Crippen LogP contribution in [0.15, 0.2) is 24.3 Å². The van der Waals surface area contributed by atoms with Crippen molar-refractivity contribution in [2.75, 3.05) is 17.2 Å². The number of ether oxygens (including phenoxy) is 2. The van der Waals surface area contributed by atoms with Crippen molar-refractivity contribution in [3.05, 3.63) is 29.8 Å². The molecule has 0 unspecified atom stereocenters. The predicted octanol–water partition coefficient (Wildman–Crippen LogP) is 4.39. The van der Waals surface area contributed by atoms with E-state index in [1.165, 1.54) is 6.08 Å². The third-order valence-corrected chi connectivity index (χ3v) is 2.74. The third kappa shape index (κ3) is 8.53. The molecule has 0 aliphatic heterocycles. The molecule has 0 saturated heterocycles. The molecule has 1 rings (SSSR count). The number of hydrogen-bond donors (Lipinski definition) is 3. The molecular formula is C19H28N2O5. The number of carbonyl (C=O) groups excluding carboxylic acids is 2. The van der Waals surface area contributed by atoms with Crippen LogP contribution in [0.1, 0.15) is 47.1 Å². The predicted molar refractivity (Wildman–Crippen MR) is 102 cm³/mol. The van der Waals surface area contributed by atoms with E-state index in [4.69, 9.17) is 14.6 Å². The van der Waals surface area contributed by atoms with Crippen molar-refractivity contribution in [3.8, 4) is 0 Å². The van der Waals surface area contributed by atoms with Crippen LogP contribution in [-0.4, -0.2) is 35.1 Å². The van der Waals surface area contributed by atoms with Crippen molar-refractivity contribution in [1.82, 2.24) is 0 Å². The van der Waals surface area contributed by atoms with Gasteiger partial charge in [-0.1, -0.05) is 12.2 Å². The number of carbonyl (C=O) groups is 2. The van der Waals surface area contributed by atoms with Crippen LogP contribution in [0.2, 0.25) is 0 Å². The Morgan fingerprint density at radius 3 is 2.04 bits per heavy atom. The van der Waals surface area contributed by atoms with Crippen LogP contribution >= 0.6 is 0 Å². The second-order valence-electron chi connectivity index (χ2n) is 7.64. The molecule has 0 spiro atoms. The smallest absolute Gasteiger partial charge is 0.412 e. The molecular weight excluding hydrogens is 336 g/mol. The third-order valence-electron chi connectivity index (χ3n) is 2.74. The molecule has 0 aromatic heterocycles. The SMILES string of the molecule is CC(C)(C)OC(=O)Nc1ccc(NC(=O)OC(C)(C)C)c(/C=C/CO)c1. The Morgan fingerprint density at radius 1 is 1.00 bits per heavy atom. The summed E-state index contributed by atoms with van der Waals surface area (Å²) in [7, 11) is 0. The van der Waals surface area contributed by atoms with E-state index in [1.807, 2.05) is 0 Å². The lowest BCUT2D eigenvalue weighted by Gasteiger charge is -2.21. The summed E-state index contributed by atoms with van der Waals surface area (Å²) in [6.07, 6.45) is 1.98. The summed E-state index contributed by atoms with van der Waals surface area (Å²) in [6, 6.07) is 4.92. The van der Waals surface area contributed by atoms with Crippen LogP contribution in [0.25, 0.3) is 6.08 Å². The van der Waals surface area contributed by atoms with Crippen LogP contribution in [0, 0.1) is 0 Å². The van der Waals surface area contributed by atoms with Crippen molar-refractivity contribution < 1.29 is 24.2 Å². The second-order valence-corrected chi connectivity index (χ2v) is 7.64. The van der Waals surface area contributed by atoms with E-state index in [2.05, 4.69) is 10.6 Å². The first kappa shape index (κ1) is 21.5. The molecule has 2 amide bonds. The highest BCUT2D eigenvalue weighted by Gasteiger charge is 2.18. The first-order chi connectivity index (χ1) is 11.9. The largest absolute Gasteiger partial charge is 0.444 e. The van der Waals surface area contributed by atoms with Crippen molar-refractivity contribution >= 4 is 29.6 Å². The normalized spacial score (nSPS) is 12.0. The number of nitrogens with one attached hydrogen (secondary N) is 2. The maximum atomic E-state index is 12.0. The number of amides is 2. The molecule has 0 fully saturated rings. The minimum absolute atomic E-state index is 0.157. The van der Waals surface area contributed by atoms with Gasteiger partial charge in [-0.3, -0.25) is 10.6 Å². The molecule has 7 nitrogen and oxygen atoms in total. The summed E-state index contributed by atoms with van der Waals surface area (Å²) < 4.78 is 10.5. The van der Waals surface area contributed by atoms with Crippen LogP contribution in [-0.2, 0) is 9.47 Å². The average molecular weight is 364 g/mol. The van der Waals surface area contributed by atoms with Crippen LogP contribution in [0.4, 0.5) is 21.0 Å². The zero-order valence-corrected chi connectivity index (χ0v) is 16.2. The first-order valence-corrected chi connectivity index (χ1v) is 8.31. The highest BCUT2D eigenvalue weighted by Crippen LogP contribution is 2.23. The van der Waals surface area contributed by atoms with Crippen molar-refractivity contribution in [2.24, 2.45) is 0 Å². The van der Waals surface area contributed by atoms with E-state index in [-0.39, 0.29) is 6.61 Å². The lowest BCUT2D eigenvalue weighted by Crippen LogP contribution is -2.28. The van der Waals surface area contributed by atoms with Gasteiger partial charge in [-0.05, 0) is 65.3 Å². The fourth-order valence-electron chi connectivity index (χ4n) is 1.91. The molecule has 1 aromatic carbocycles. The van der Waals surface area contributed by atoms with Crippen molar-refractivity contribution in [3.63, 3.8) is 0 Å². The number of anilines is 2. The highest BCUT2D eigenvalue weighted by molar-refractivity contribution is 5.91. The van der Waals surface area contributed by atoms with Gasteiger partial charge in [-0.2, -0.15) is 0 Å². The fraction of sp³-hybridized carbons (Fsp3) is 0.474. The summed E-state index contributed by atoms with van der Waals surface area (Å²) in [4.78, 5) is 23.9. The molecule has 0 aliphatic rings. The lowest BCUT2D eigenvalue weighted by atomic mass is 10.1. The summed E-state index contributed by atoms with van der Waals surface area (Å²) in [5.41, 5.74) is 0.342. The van der Waals surface area contributed by atoms with Crippen LogP contribution < -0.4 is 10.6 Å². The van der Waals surface area contributed by atoms with E-state index < -0.39 is 23.4 Å². The van der Waals surface area contributed by atoms with Gasteiger partial charge in [-0.15, -0.1) is 0 Å². The number of hydrogen-bond acceptors (Lipinski definition) is 5. The Labute approximate surface area is 154 Å². The minimum Gasteiger partial charge on any atom is -0.444 e. The van der Waals surface area contributed by atoms with E-state index in [0.717, 1.165) is 0 Å². The van der Waals surface area contributed by atoms with Crippen molar-refractivity contribution in [2.45, 2.75) is 52.7 Å². The van der Waals surface area contributed by atoms with Gasteiger partial charge in [0, 0.05) is 5.69 Å². The molecule has 0 bridgehead atoms. The Bertz CT molecular complexity index is 669. The first-order valence-electron chi connectivity index (χ1n) is 8.31. The van der Waals surface area contributed by atoms with Gasteiger partial charge in [0.05, 0.1) is 12.3 Å². The molecule has 0 saturated carbocycles. The molecule has 0 atom stereocenters. The van der Waals surface area contributed by atoms with Crippen LogP contribution in [0.5, 0.6) is 0 Å². The quantitative estimate of drug-likeness (QED) is 0.736. The van der Waals surface area contributed by atoms with Gasteiger partial charge >= 0.3 is 12.2 Å². The molecule has 1 aromatic rings. The van der Waals surface area contributed by atoms with E-state index in [1.54, 1.807) is 65.8 Å². The topological polar surface area (TPSA) is 96.9 Å². The molecule has 3 N–H and O–H groups in total. The minimum atomic E-state index is -0.622. The van der Waals surface area contributed by atoms with Gasteiger partial charge in [0.25, 0.3) is 0 Å². The van der Waals surface area contributed by atoms with Gasteiger partial charge in [0.1, 0.15) is 11.2 Å². The van der Waals surface area contributed by atoms with Crippen LogP contribution in [0.3, 0.4) is 0 Å². The van der Waals surface area contributed by atoms with Gasteiger partial charge in [0.2, 0.25) is 0 Å². The zero-order chi connectivity index (χ0) is 20.0. The number of rotatable bonds is 4. The Hall–Kier alpha value is -2.54. The molecule has 7 heteroatoms. The standard InChI is InChI=1S/C19H28N2O5/c1-18(2,3)25-16(23)20-14-9-10-15(13(12-14)8-7-11-22)21-17(24)26-19(4,5)6/h7-10,12,22H,11H2,1-6H3,(H,20,23)(H,21,24)/b8-7+. The fourth-order valence-corrected chi connectivity index (χ4v) is 1.91. The monoisotopic (exact) mass is 364 g/mol.